The first-order valence-corrected chi connectivity index (χ1v) is 13.3. The highest BCUT2D eigenvalue weighted by molar-refractivity contribution is 5.96. The average Bonchev–Trinajstić information content (AvgIpc) is 2.89. The molecule has 2 fully saturated rings. The molecular weight excluding hydrogens is 488 g/mol. The number of nitrogens with two attached hydrogens (primary N) is 1. The van der Waals surface area contributed by atoms with Crippen LogP contribution in [0, 0.1) is 17.6 Å². The number of pyridine rings is 2. The van der Waals surface area contributed by atoms with Gasteiger partial charge in [-0.25, -0.2) is 13.8 Å². The molecule has 8 heteroatoms. The van der Waals surface area contributed by atoms with Gasteiger partial charge in [0, 0.05) is 49.8 Å². The zero-order chi connectivity index (χ0) is 26.6. The molecule has 1 aliphatic heterocycles. The van der Waals surface area contributed by atoms with Crippen molar-refractivity contribution in [2.75, 3.05) is 13.2 Å². The van der Waals surface area contributed by atoms with E-state index in [9.17, 15) is 4.79 Å². The number of aromatic nitrogens is 2. The van der Waals surface area contributed by atoms with Gasteiger partial charge in [-0.05, 0) is 60.4 Å². The molecule has 3 atom stereocenters. The Balaban J connectivity index is 1.35. The molecule has 6 nitrogen and oxygen atoms in total. The van der Waals surface area contributed by atoms with E-state index in [1.165, 1.54) is 18.2 Å². The predicted molar refractivity (Wildman–Crippen MR) is 140 cm³/mol. The van der Waals surface area contributed by atoms with Gasteiger partial charge < -0.3 is 15.2 Å². The third-order valence-electron chi connectivity index (χ3n) is 7.49. The monoisotopic (exact) mass is 521 g/mol. The summed E-state index contributed by atoms with van der Waals surface area (Å²) in [6, 6.07) is 9.10. The molecule has 0 amide bonds. The van der Waals surface area contributed by atoms with Gasteiger partial charge in [-0.2, -0.15) is 0 Å². The fraction of sp³-hybridized carbons (Fsp3) is 0.433. The van der Waals surface area contributed by atoms with Crippen molar-refractivity contribution in [1.29, 1.82) is 0 Å². The lowest BCUT2D eigenvalue weighted by atomic mass is 9.75. The summed E-state index contributed by atoms with van der Waals surface area (Å²) in [7, 11) is 0. The number of carbonyl (C=O) groups is 1. The molecule has 0 radical (unpaired) electrons. The van der Waals surface area contributed by atoms with Crippen molar-refractivity contribution >= 4 is 5.78 Å². The topological polar surface area (TPSA) is 87.3 Å². The van der Waals surface area contributed by atoms with Crippen LogP contribution in [-0.4, -0.2) is 41.1 Å². The summed E-state index contributed by atoms with van der Waals surface area (Å²) in [5.74, 6) is -0.915. The molecule has 0 bridgehead atoms. The number of rotatable bonds is 7. The van der Waals surface area contributed by atoms with Gasteiger partial charge >= 0.3 is 0 Å². The predicted octanol–water partition coefficient (Wildman–Crippen LogP) is 5.64. The summed E-state index contributed by atoms with van der Waals surface area (Å²) < 4.78 is 41.2. The number of nitrogens with zero attached hydrogens (tertiary/aromatic N) is 2. The lowest BCUT2D eigenvalue weighted by Gasteiger charge is -2.32. The number of ether oxygens (including phenoxy) is 2. The van der Waals surface area contributed by atoms with Crippen molar-refractivity contribution in [3.63, 3.8) is 0 Å². The van der Waals surface area contributed by atoms with Crippen LogP contribution in [0.1, 0.15) is 66.6 Å². The molecule has 3 heterocycles. The highest BCUT2D eigenvalue weighted by Crippen LogP contribution is 2.37. The molecule has 0 unspecified atom stereocenters. The van der Waals surface area contributed by atoms with Crippen molar-refractivity contribution < 1.29 is 23.0 Å². The fourth-order valence-electron chi connectivity index (χ4n) is 5.74. The Morgan fingerprint density at radius 3 is 2.61 bits per heavy atom. The summed E-state index contributed by atoms with van der Waals surface area (Å²) in [5.41, 5.74) is 8.12. The highest BCUT2D eigenvalue weighted by atomic mass is 19.1. The van der Waals surface area contributed by atoms with Gasteiger partial charge in [-0.3, -0.25) is 9.78 Å². The fourth-order valence-corrected chi connectivity index (χ4v) is 5.74. The largest absolute Gasteiger partial charge is 0.490 e. The van der Waals surface area contributed by atoms with E-state index in [4.69, 9.17) is 15.2 Å². The number of halogens is 2. The number of carbonyl (C=O) groups excluding carboxylic acids is 1. The maximum Gasteiger partial charge on any atom is 0.185 e. The molecule has 1 aliphatic carbocycles. The van der Waals surface area contributed by atoms with Crippen molar-refractivity contribution in [1.82, 2.24) is 9.97 Å². The summed E-state index contributed by atoms with van der Waals surface area (Å²) >= 11 is 0. The van der Waals surface area contributed by atoms with Gasteiger partial charge in [0.2, 0.25) is 0 Å². The first kappa shape index (κ1) is 26.4. The van der Waals surface area contributed by atoms with Crippen LogP contribution < -0.4 is 10.5 Å². The Labute approximate surface area is 221 Å². The first-order chi connectivity index (χ1) is 18.4. The molecule has 3 aromatic rings. The molecule has 1 saturated carbocycles. The van der Waals surface area contributed by atoms with E-state index in [-0.39, 0.29) is 53.0 Å². The molecule has 200 valence electrons. The van der Waals surface area contributed by atoms with Crippen molar-refractivity contribution in [2.45, 2.75) is 63.5 Å². The number of hydrogen-bond acceptors (Lipinski definition) is 6. The number of Topliss-reactive ketones (excluding diaryl/α,β-unsaturated/α-hetero) is 1. The van der Waals surface area contributed by atoms with E-state index >= 15 is 8.78 Å². The lowest BCUT2D eigenvalue weighted by Crippen LogP contribution is -2.31. The van der Waals surface area contributed by atoms with Crippen LogP contribution in [0.25, 0.3) is 11.3 Å². The van der Waals surface area contributed by atoms with Crippen LogP contribution in [0.2, 0.25) is 0 Å². The summed E-state index contributed by atoms with van der Waals surface area (Å²) in [4.78, 5) is 21.9. The van der Waals surface area contributed by atoms with Gasteiger partial charge in [0.15, 0.2) is 5.78 Å². The third-order valence-corrected chi connectivity index (χ3v) is 7.49. The average molecular weight is 522 g/mol. The van der Waals surface area contributed by atoms with E-state index < -0.39 is 11.6 Å². The van der Waals surface area contributed by atoms with E-state index in [1.807, 2.05) is 6.07 Å². The minimum Gasteiger partial charge on any atom is -0.490 e. The zero-order valence-electron chi connectivity index (χ0n) is 21.5. The molecular formula is C30H33F2N3O3. The molecule has 38 heavy (non-hydrogen) atoms. The smallest absolute Gasteiger partial charge is 0.185 e. The first-order valence-electron chi connectivity index (χ1n) is 13.3. The van der Waals surface area contributed by atoms with Gasteiger partial charge in [0.05, 0.1) is 24.5 Å². The Morgan fingerprint density at radius 1 is 1.11 bits per heavy atom. The molecule has 1 aromatic carbocycles. The SMILES string of the molecule is C[C@@H]1C[C@H](N)C[C@H](c2ccncc2CC(=O)c2cccc(-c3c(F)cc(OC4CCOCC4)cc3F)n2)C1. The Hall–Kier alpha value is -3.23. The lowest BCUT2D eigenvalue weighted by molar-refractivity contribution is 0.0253. The van der Waals surface area contributed by atoms with E-state index in [1.54, 1.807) is 24.5 Å². The summed E-state index contributed by atoms with van der Waals surface area (Å²) in [6.45, 7) is 3.33. The second-order valence-electron chi connectivity index (χ2n) is 10.5. The number of hydrogen-bond donors (Lipinski definition) is 1. The number of benzene rings is 1. The van der Waals surface area contributed by atoms with Crippen LogP contribution in [-0.2, 0) is 11.2 Å². The third kappa shape index (κ3) is 6.08. The normalized spacial score (nSPS) is 22.3. The minimum absolute atomic E-state index is 0.0574. The van der Waals surface area contributed by atoms with Crippen molar-refractivity contribution in [3.05, 3.63) is 77.2 Å². The second-order valence-corrected chi connectivity index (χ2v) is 10.5. The summed E-state index contributed by atoms with van der Waals surface area (Å²) in [6.07, 6.45) is 7.65. The Bertz CT molecular complexity index is 1260. The van der Waals surface area contributed by atoms with E-state index in [2.05, 4.69) is 16.9 Å². The molecule has 2 aliphatic rings. The van der Waals surface area contributed by atoms with E-state index in [0.29, 0.717) is 32.0 Å². The molecule has 0 spiro atoms. The van der Waals surface area contributed by atoms with Gasteiger partial charge in [-0.15, -0.1) is 0 Å². The van der Waals surface area contributed by atoms with Gasteiger partial charge in [0.25, 0.3) is 0 Å². The van der Waals surface area contributed by atoms with E-state index in [0.717, 1.165) is 30.4 Å². The van der Waals surface area contributed by atoms with Crippen molar-refractivity contribution in [3.8, 4) is 17.0 Å². The Morgan fingerprint density at radius 2 is 1.87 bits per heavy atom. The van der Waals surface area contributed by atoms with Gasteiger partial charge in [-0.1, -0.05) is 13.0 Å². The minimum atomic E-state index is -0.790. The van der Waals surface area contributed by atoms with Gasteiger partial charge in [0.1, 0.15) is 29.2 Å². The molecule has 5 rings (SSSR count). The maximum absolute atomic E-state index is 15.1. The number of ketones is 1. The molecule has 2 aromatic heterocycles. The van der Waals surface area contributed by atoms with Crippen LogP contribution in [0.3, 0.4) is 0 Å². The standard InChI is InChI=1S/C30H33F2N3O3/c1-18-11-19(13-21(33)12-18)24-5-8-34-17-20(24)14-29(36)27-3-2-4-28(35-27)30-25(31)15-23(16-26(30)32)38-22-6-9-37-10-7-22/h2-5,8,15-19,21-22H,6-7,9-14,33H2,1H3/t18-,19+,21-/m0/s1. The molecule has 2 N–H and O–H groups in total. The zero-order valence-corrected chi connectivity index (χ0v) is 21.5. The second kappa shape index (κ2) is 11.7. The van der Waals surface area contributed by atoms with Crippen LogP contribution in [0.4, 0.5) is 8.78 Å². The highest BCUT2D eigenvalue weighted by Gasteiger charge is 2.28. The quantitative estimate of drug-likeness (QED) is 0.405. The maximum atomic E-state index is 15.1. The van der Waals surface area contributed by atoms with Crippen molar-refractivity contribution in [2.24, 2.45) is 11.7 Å². The Kier molecular flexibility index (Phi) is 8.09. The van der Waals surface area contributed by atoms with Crippen LogP contribution in [0.15, 0.2) is 48.8 Å². The van der Waals surface area contributed by atoms with Crippen LogP contribution >= 0.6 is 0 Å². The summed E-state index contributed by atoms with van der Waals surface area (Å²) in [5, 5.41) is 0. The molecule has 1 saturated heterocycles. The van der Waals surface area contributed by atoms with Crippen LogP contribution in [0.5, 0.6) is 5.75 Å².